The number of aryl methyl sites for hydroxylation is 1. The first kappa shape index (κ1) is 25.4. The number of nitrogens with one attached hydrogen (secondary N) is 1. The van der Waals surface area contributed by atoms with Gasteiger partial charge in [-0.1, -0.05) is 60.7 Å². The van der Waals surface area contributed by atoms with Crippen LogP contribution in [0.15, 0.2) is 83.6 Å². The zero-order valence-corrected chi connectivity index (χ0v) is 22.3. The number of aromatic nitrogens is 1. The van der Waals surface area contributed by atoms with E-state index in [2.05, 4.69) is 52.7 Å². The van der Waals surface area contributed by atoms with Crippen LogP contribution in [-0.4, -0.2) is 42.5 Å². The molecular formula is C31H35N3O2S. The molecule has 192 valence electrons. The van der Waals surface area contributed by atoms with Crippen LogP contribution in [0.25, 0.3) is 5.57 Å². The number of thiazole rings is 1. The number of nitrogens with zero attached hydrogens (tertiary/aromatic N) is 2. The summed E-state index contributed by atoms with van der Waals surface area (Å²) >= 11 is 1.62. The van der Waals surface area contributed by atoms with Crippen LogP contribution in [0.4, 0.5) is 0 Å². The summed E-state index contributed by atoms with van der Waals surface area (Å²) in [6.45, 7) is 3.33. The van der Waals surface area contributed by atoms with Gasteiger partial charge < -0.3 is 15.0 Å². The summed E-state index contributed by atoms with van der Waals surface area (Å²) in [7, 11) is 1.68. The Morgan fingerprint density at radius 3 is 2.51 bits per heavy atom. The van der Waals surface area contributed by atoms with Crippen LogP contribution in [-0.2, 0) is 11.2 Å². The van der Waals surface area contributed by atoms with Crippen LogP contribution in [0, 0.1) is 0 Å². The molecule has 2 aliphatic rings. The van der Waals surface area contributed by atoms with Gasteiger partial charge in [0.05, 0.1) is 17.9 Å². The van der Waals surface area contributed by atoms with Gasteiger partial charge in [-0.15, -0.1) is 11.3 Å². The normalized spacial score (nSPS) is 16.9. The third-order valence-corrected chi connectivity index (χ3v) is 8.37. The van der Waals surface area contributed by atoms with E-state index < -0.39 is 0 Å². The van der Waals surface area contributed by atoms with E-state index in [1.165, 1.54) is 12.0 Å². The molecule has 2 aromatic carbocycles. The highest BCUT2D eigenvalue weighted by molar-refractivity contribution is 7.09. The number of benzene rings is 2. The largest absolute Gasteiger partial charge is 0.501 e. The second kappa shape index (κ2) is 12.3. The van der Waals surface area contributed by atoms with E-state index in [0.717, 1.165) is 79.3 Å². The third-order valence-electron chi connectivity index (χ3n) is 7.36. The molecule has 0 radical (unpaired) electrons. The number of carbonyl (C=O) groups is 1. The molecule has 0 saturated carbocycles. The van der Waals surface area contributed by atoms with Crippen LogP contribution in [0.5, 0.6) is 0 Å². The number of methoxy groups -OCH3 is 1. The molecule has 37 heavy (non-hydrogen) atoms. The van der Waals surface area contributed by atoms with Crippen molar-refractivity contribution >= 4 is 22.8 Å². The van der Waals surface area contributed by atoms with E-state index >= 15 is 0 Å². The van der Waals surface area contributed by atoms with E-state index in [9.17, 15) is 4.79 Å². The Balaban J connectivity index is 1.17. The minimum Gasteiger partial charge on any atom is -0.501 e. The molecule has 1 N–H and O–H groups in total. The molecule has 1 aliphatic heterocycles. The van der Waals surface area contributed by atoms with Crippen molar-refractivity contribution in [2.24, 2.45) is 0 Å². The maximum Gasteiger partial charge on any atom is 0.275 e. The molecule has 1 amide bonds. The van der Waals surface area contributed by atoms with Crippen molar-refractivity contribution in [1.82, 2.24) is 15.2 Å². The number of allylic oxidation sites excluding steroid dienone is 3. The van der Waals surface area contributed by atoms with E-state index in [1.54, 1.807) is 18.4 Å². The molecular weight excluding hydrogens is 478 g/mol. The highest BCUT2D eigenvalue weighted by atomic mass is 32.1. The van der Waals surface area contributed by atoms with Gasteiger partial charge in [-0.25, -0.2) is 4.98 Å². The van der Waals surface area contributed by atoms with Gasteiger partial charge in [0.2, 0.25) is 0 Å². The molecule has 5 rings (SSSR count). The second-order valence-electron chi connectivity index (χ2n) is 9.80. The quantitative estimate of drug-likeness (QED) is 0.359. The zero-order valence-electron chi connectivity index (χ0n) is 21.5. The number of piperidine rings is 1. The fourth-order valence-electron chi connectivity index (χ4n) is 5.24. The monoisotopic (exact) mass is 513 g/mol. The van der Waals surface area contributed by atoms with Gasteiger partial charge in [0.15, 0.2) is 0 Å². The average Bonchev–Trinajstić information content (AvgIpc) is 3.45. The topological polar surface area (TPSA) is 54.5 Å². The van der Waals surface area contributed by atoms with Crippen LogP contribution in [0.1, 0.15) is 64.6 Å². The number of hydrogen-bond acceptors (Lipinski definition) is 5. The first-order chi connectivity index (χ1) is 18.2. The lowest BCUT2D eigenvalue weighted by atomic mass is 9.94. The molecule has 5 nitrogen and oxygen atoms in total. The Bertz CT molecular complexity index is 1240. The van der Waals surface area contributed by atoms with Gasteiger partial charge in [0, 0.05) is 23.4 Å². The molecule has 0 spiro atoms. The number of rotatable bonds is 9. The fourth-order valence-corrected chi connectivity index (χ4v) is 6.21. The predicted molar refractivity (Wildman–Crippen MR) is 150 cm³/mol. The summed E-state index contributed by atoms with van der Waals surface area (Å²) in [6.07, 6.45) is 8.12. The number of carbonyl (C=O) groups excluding carboxylic acids is 1. The smallest absolute Gasteiger partial charge is 0.275 e. The number of hydrogen-bond donors (Lipinski definition) is 1. The molecule has 1 saturated heterocycles. The Labute approximate surface area is 223 Å². The van der Waals surface area contributed by atoms with Gasteiger partial charge >= 0.3 is 0 Å². The highest BCUT2D eigenvalue weighted by Gasteiger charge is 2.25. The summed E-state index contributed by atoms with van der Waals surface area (Å²) in [4.78, 5) is 20.5. The Hall–Kier alpha value is -3.22. The minimum atomic E-state index is -0.155. The SMILES string of the molecule is COC1=CC(NC(=O)c2csc(C3CCN(CCCc4ccccc4)CC3)n2)=C(c2ccccc2)CC1. The van der Waals surface area contributed by atoms with Gasteiger partial charge in [-0.3, -0.25) is 4.79 Å². The lowest BCUT2D eigenvalue weighted by Crippen LogP contribution is -2.34. The number of amides is 1. The molecule has 3 aromatic rings. The molecule has 0 atom stereocenters. The summed E-state index contributed by atoms with van der Waals surface area (Å²) in [5.41, 5.74) is 4.98. The van der Waals surface area contributed by atoms with Crippen molar-refractivity contribution < 1.29 is 9.53 Å². The maximum absolute atomic E-state index is 13.2. The summed E-state index contributed by atoms with van der Waals surface area (Å²) < 4.78 is 5.49. The molecule has 0 bridgehead atoms. The van der Waals surface area contributed by atoms with E-state index in [1.807, 2.05) is 29.7 Å². The van der Waals surface area contributed by atoms with Crippen molar-refractivity contribution in [3.8, 4) is 0 Å². The predicted octanol–water partition coefficient (Wildman–Crippen LogP) is 6.42. The molecule has 1 aliphatic carbocycles. The van der Waals surface area contributed by atoms with Crippen molar-refractivity contribution in [1.29, 1.82) is 0 Å². The summed E-state index contributed by atoms with van der Waals surface area (Å²) in [5.74, 6) is 1.16. The van der Waals surface area contributed by atoms with Crippen molar-refractivity contribution in [3.63, 3.8) is 0 Å². The minimum absolute atomic E-state index is 0.155. The highest BCUT2D eigenvalue weighted by Crippen LogP contribution is 2.32. The number of likely N-dealkylation sites (tertiary alicyclic amines) is 1. The van der Waals surface area contributed by atoms with Gasteiger partial charge in [0.25, 0.3) is 5.91 Å². The molecule has 0 unspecified atom stereocenters. The van der Waals surface area contributed by atoms with Crippen LogP contribution < -0.4 is 5.32 Å². The van der Waals surface area contributed by atoms with Crippen molar-refractivity contribution in [2.75, 3.05) is 26.7 Å². The molecule has 1 aromatic heterocycles. The molecule has 2 heterocycles. The first-order valence-corrected chi connectivity index (χ1v) is 14.1. The lowest BCUT2D eigenvalue weighted by Gasteiger charge is -2.31. The summed E-state index contributed by atoms with van der Waals surface area (Å²) in [5, 5.41) is 6.12. The third kappa shape index (κ3) is 6.56. The fraction of sp³-hybridized carbons (Fsp3) is 0.355. The Morgan fingerprint density at radius 2 is 1.78 bits per heavy atom. The van der Waals surface area contributed by atoms with E-state index in [-0.39, 0.29) is 5.91 Å². The molecule has 1 fully saturated rings. The first-order valence-electron chi connectivity index (χ1n) is 13.3. The molecule has 6 heteroatoms. The lowest BCUT2D eigenvalue weighted by molar-refractivity contribution is 0.0962. The maximum atomic E-state index is 13.2. The van der Waals surface area contributed by atoms with Gasteiger partial charge in [-0.05, 0) is 74.5 Å². The van der Waals surface area contributed by atoms with Crippen LogP contribution >= 0.6 is 11.3 Å². The van der Waals surface area contributed by atoms with Crippen LogP contribution in [0.3, 0.4) is 0 Å². The van der Waals surface area contributed by atoms with Gasteiger partial charge in [-0.2, -0.15) is 0 Å². The second-order valence-corrected chi connectivity index (χ2v) is 10.7. The van der Waals surface area contributed by atoms with Crippen molar-refractivity contribution in [3.05, 3.63) is 105 Å². The Morgan fingerprint density at radius 1 is 1.05 bits per heavy atom. The number of ether oxygens (including phenoxy) is 1. The zero-order chi connectivity index (χ0) is 25.5. The van der Waals surface area contributed by atoms with E-state index in [4.69, 9.17) is 9.72 Å². The average molecular weight is 514 g/mol. The van der Waals surface area contributed by atoms with E-state index in [0.29, 0.717) is 11.6 Å². The summed E-state index contributed by atoms with van der Waals surface area (Å²) in [6, 6.07) is 21.0. The standard InChI is InChI=1S/C31H35N3O2S/c1-36-26-14-15-27(24-12-6-3-7-13-24)28(21-26)32-30(35)29-22-37-31(33-29)25-16-19-34(20-17-25)18-8-11-23-9-4-2-5-10-23/h2-7,9-10,12-13,21-22,25H,8,11,14-20H2,1H3,(H,32,35). The van der Waals surface area contributed by atoms with Crippen LogP contribution in [0.2, 0.25) is 0 Å². The van der Waals surface area contributed by atoms with Crippen molar-refractivity contribution in [2.45, 2.75) is 44.4 Å². The Kier molecular flexibility index (Phi) is 8.49. The van der Waals surface area contributed by atoms with Gasteiger partial charge in [0.1, 0.15) is 5.69 Å².